The summed E-state index contributed by atoms with van der Waals surface area (Å²) in [5.41, 5.74) is 3.22. The average molecular weight is 268 g/mol. The van der Waals surface area contributed by atoms with E-state index in [1.807, 2.05) is 38.1 Å². The van der Waals surface area contributed by atoms with Gasteiger partial charge in [-0.15, -0.1) is 0 Å². The van der Waals surface area contributed by atoms with Gasteiger partial charge in [0.15, 0.2) is 0 Å². The second-order valence-corrected chi connectivity index (χ2v) is 4.77. The van der Waals surface area contributed by atoms with E-state index in [2.05, 4.69) is 11.0 Å². The summed E-state index contributed by atoms with van der Waals surface area (Å²) < 4.78 is 14.0. The van der Waals surface area contributed by atoms with Gasteiger partial charge in [0.2, 0.25) is 0 Å². The van der Waals surface area contributed by atoms with E-state index in [0.29, 0.717) is 17.7 Å². The molecular weight excluding hydrogens is 251 g/mol. The van der Waals surface area contributed by atoms with Gasteiger partial charge in [0.1, 0.15) is 5.82 Å². The lowest BCUT2D eigenvalue weighted by Gasteiger charge is -2.24. The quantitative estimate of drug-likeness (QED) is 0.837. The van der Waals surface area contributed by atoms with E-state index in [0.717, 1.165) is 12.2 Å². The summed E-state index contributed by atoms with van der Waals surface area (Å²) in [4.78, 5) is 2.11. The zero-order valence-electron chi connectivity index (χ0n) is 11.7. The van der Waals surface area contributed by atoms with Gasteiger partial charge in [-0.25, -0.2) is 4.39 Å². The van der Waals surface area contributed by atoms with Crippen molar-refractivity contribution in [1.29, 1.82) is 5.26 Å². The number of nitrogens with zero attached hydrogens (tertiary/aromatic N) is 2. The average Bonchev–Trinajstić information content (AvgIpc) is 2.46. The molecule has 20 heavy (non-hydrogen) atoms. The monoisotopic (exact) mass is 268 g/mol. The number of nitriles is 1. The summed E-state index contributed by atoms with van der Waals surface area (Å²) in [7, 11) is 0. The third-order valence-electron chi connectivity index (χ3n) is 3.29. The molecule has 2 aromatic rings. The number of benzene rings is 2. The van der Waals surface area contributed by atoms with Crippen LogP contribution in [0.4, 0.5) is 10.1 Å². The number of halogens is 1. The van der Waals surface area contributed by atoms with Crippen LogP contribution in [0.3, 0.4) is 0 Å². The summed E-state index contributed by atoms with van der Waals surface area (Å²) in [5, 5.41) is 8.76. The first kappa shape index (κ1) is 14.1. The van der Waals surface area contributed by atoms with Gasteiger partial charge in [-0.2, -0.15) is 5.26 Å². The molecule has 0 aliphatic heterocycles. The number of aryl methyl sites for hydroxylation is 1. The minimum absolute atomic E-state index is 0.324. The van der Waals surface area contributed by atoms with Gasteiger partial charge < -0.3 is 4.90 Å². The van der Waals surface area contributed by atoms with Crippen molar-refractivity contribution in [3.05, 3.63) is 65.0 Å². The van der Waals surface area contributed by atoms with Gasteiger partial charge in [-0.05, 0) is 43.7 Å². The number of rotatable bonds is 4. The molecular formula is C17H17FN2. The summed E-state index contributed by atoms with van der Waals surface area (Å²) in [6.45, 7) is 5.38. The van der Waals surface area contributed by atoms with Crippen LogP contribution in [0.15, 0.2) is 42.5 Å². The normalized spacial score (nSPS) is 10.1. The molecule has 0 amide bonds. The Balaban J connectivity index is 2.25. The molecule has 0 atom stereocenters. The van der Waals surface area contributed by atoms with E-state index in [4.69, 9.17) is 5.26 Å². The summed E-state index contributed by atoms with van der Waals surface area (Å²) in [6.07, 6.45) is 0. The van der Waals surface area contributed by atoms with Gasteiger partial charge in [0.25, 0.3) is 0 Å². The maximum absolute atomic E-state index is 14.0. The van der Waals surface area contributed by atoms with Crippen LogP contribution in [0, 0.1) is 24.1 Å². The predicted octanol–water partition coefficient (Wildman–Crippen LogP) is 4.03. The highest BCUT2D eigenvalue weighted by Crippen LogP contribution is 2.20. The third kappa shape index (κ3) is 3.16. The highest BCUT2D eigenvalue weighted by molar-refractivity contribution is 5.49. The zero-order valence-corrected chi connectivity index (χ0v) is 11.7. The van der Waals surface area contributed by atoms with Crippen LogP contribution >= 0.6 is 0 Å². The Labute approximate surface area is 119 Å². The van der Waals surface area contributed by atoms with Crippen LogP contribution in [-0.4, -0.2) is 6.54 Å². The zero-order chi connectivity index (χ0) is 14.5. The number of hydrogen-bond donors (Lipinski definition) is 0. The summed E-state index contributed by atoms with van der Waals surface area (Å²) in [6, 6.07) is 14.7. The molecule has 0 aliphatic rings. The summed E-state index contributed by atoms with van der Waals surface area (Å²) in [5.74, 6) is -0.324. The molecule has 102 valence electrons. The molecule has 2 nitrogen and oxygen atoms in total. The van der Waals surface area contributed by atoms with Gasteiger partial charge in [-0.3, -0.25) is 0 Å². The lowest BCUT2D eigenvalue weighted by molar-refractivity contribution is 0.605. The Kier molecular flexibility index (Phi) is 4.37. The molecule has 0 heterocycles. The number of hydrogen-bond acceptors (Lipinski definition) is 2. The molecule has 0 saturated heterocycles. The minimum Gasteiger partial charge on any atom is -0.367 e. The van der Waals surface area contributed by atoms with E-state index < -0.39 is 0 Å². The van der Waals surface area contributed by atoms with Crippen molar-refractivity contribution >= 4 is 5.69 Å². The fourth-order valence-electron chi connectivity index (χ4n) is 2.16. The fourth-order valence-corrected chi connectivity index (χ4v) is 2.16. The SMILES string of the molecule is CCN(Cc1ccc(C#N)cc1F)c1cccc(C)c1. The van der Waals surface area contributed by atoms with Crippen molar-refractivity contribution in [2.45, 2.75) is 20.4 Å². The van der Waals surface area contributed by atoms with Crippen LogP contribution in [0.25, 0.3) is 0 Å². The summed E-state index contributed by atoms with van der Waals surface area (Å²) >= 11 is 0. The topological polar surface area (TPSA) is 27.0 Å². The van der Waals surface area contributed by atoms with E-state index in [1.165, 1.54) is 11.6 Å². The van der Waals surface area contributed by atoms with E-state index in [-0.39, 0.29) is 5.82 Å². The molecule has 0 unspecified atom stereocenters. The van der Waals surface area contributed by atoms with Crippen LogP contribution in [0.5, 0.6) is 0 Å². The molecule has 0 N–H and O–H groups in total. The molecule has 2 rings (SSSR count). The van der Waals surface area contributed by atoms with Gasteiger partial charge >= 0.3 is 0 Å². The standard InChI is InChI=1S/C17H17FN2/c1-3-20(16-6-4-5-13(2)9-16)12-15-8-7-14(11-19)10-17(15)18/h4-10H,3,12H2,1-2H3. The molecule has 0 spiro atoms. The highest BCUT2D eigenvalue weighted by Gasteiger charge is 2.09. The molecule has 0 aromatic heterocycles. The van der Waals surface area contributed by atoms with Crippen molar-refractivity contribution in [3.8, 4) is 6.07 Å². The highest BCUT2D eigenvalue weighted by atomic mass is 19.1. The molecule has 0 aliphatic carbocycles. The Hall–Kier alpha value is -2.34. The third-order valence-corrected chi connectivity index (χ3v) is 3.29. The van der Waals surface area contributed by atoms with Gasteiger partial charge in [-0.1, -0.05) is 18.2 Å². The Morgan fingerprint density at radius 3 is 2.60 bits per heavy atom. The predicted molar refractivity (Wildman–Crippen MR) is 79.0 cm³/mol. The van der Waals surface area contributed by atoms with Crippen molar-refractivity contribution < 1.29 is 4.39 Å². The second-order valence-electron chi connectivity index (χ2n) is 4.77. The van der Waals surface area contributed by atoms with Gasteiger partial charge in [0.05, 0.1) is 11.6 Å². The maximum atomic E-state index is 14.0. The van der Waals surface area contributed by atoms with Crippen molar-refractivity contribution in [2.75, 3.05) is 11.4 Å². The second kappa shape index (κ2) is 6.21. The Bertz CT molecular complexity index is 644. The first-order valence-corrected chi connectivity index (χ1v) is 6.64. The molecule has 0 saturated carbocycles. The van der Waals surface area contributed by atoms with Crippen molar-refractivity contribution in [2.24, 2.45) is 0 Å². The molecule has 0 bridgehead atoms. The Morgan fingerprint density at radius 2 is 2.00 bits per heavy atom. The maximum Gasteiger partial charge on any atom is 0.129 e. The lowest BCUT2D eigenvalue weighted by atomic mass is 10.1. The van der Waals surface area contributed by atoms with Crippen molar-refractivity contribution in [3.63, 3.8) is 0 Å². The van der Waals surface area contributed by atoms with Crippen molar-refractivity contribution in [1.82, 2.24) is 0 Å². The van der Waals surface area contributed by atoms with Crippen LogP contribution < -0.4 is 4.90 Å². The van der Waals surface area contributed by atoms with Gasteiger partial charge in [0, 0.05) is 24.3 Å². The largest absolute Gasteiger partial charge is 0.367 e. The minimum atomic E-state index is -0.324. The molecule has 2 aromatic carbocycles. The van der Waals surface area contributed by atoms with E-state index in [9.17, 15) is 4.39 Å². The van der Waals surface area contributed by atoms with Crippen LogP contribution in [0.1, 0.15) is 23.6 Å². The smallest absolute Gasteiger partial charge is 0.129 e. The first-order valence-electron chi connectivity index (χ1n) is 6.64. The first-order chi connectivity index (χ1) is 9.63. The lowest BCUT2D eigenvalue weighted by Crippen LogP contribution is -2.22. The molecule has 0 fully saturated rings. The number of anilines is 1. The molecule has 0 radical (unpaired) electrons. The van der Waals surface area contributed by atoms with Crippen LogP contribution in [-0.2, 0) is 6.54 Å². The van der Waals surface area contributed by atoms with Crippen LogP contribution in [0.2, 0.25) is 0 Å². The Morgan fingerprint density at radius 1 is 1.20 bits per heavy atom. The van der Waals surface area contributed by atoms with E-state index >= 15 is 0 Å². The fraction of sp³-hybridized carbons (Fsp3) is 0.235. The van der Waals surface area contributed by atoms with E-state index in [1.54, 1.807) is 12.1 Å². The molecule has 3 heteroatoms.